The van der Waals surface area contributed by atoms with Crippen molar-refractivity contribution in [3.05, 3.63) is 63.1 Å². The molecule has 1 N–H and O–H groups in total. The number of benzene rings is 2. The third kappa shape index (κ3) is 3.52. The van der Waals surface area contributed by atoms with Gasteiger partial charge in [-0.3, -0.25) is 0 Å². The van der Waals surface area contributed by atoms with Gasteiger partial charge < -0.3 is 9.84 Å². The third-order valence-corrected chi connectivity index (χ3v) is 4.18. The van der Waals surface area contributed by atoms with Crippen molar-refractivity contribution in [2.75, 3.05) is 7.11 Å². The van der Waals surface area contributed by atoms with Crippen molar-refractivity contribution in [3.8, 4) is 5.75 Å². The van der Waals surface area contributed by atoms with E-state index < -0.39 is 0 Å². The predicted octanol–water partition coefficient (Wildman–Crippen LogP) is 4.73. The Labute approximate surface area is 132 Å². The van der Waals surface area contributed by atoms with Crippen molar-refractivity contribution in [2.24, 2.45) is 0 Å². The zero-order chi connectivity index (χ0) is 15.4. The summed E-state index contributed by atoms with van der Waals surface area (Å²) in [4.78, 5) is 0. The minimum absolute atomic E-state index is 0.139. The van der Waals surface area contributed by atoms with Gasteiger partial charge in [0.15, 0.2) is 0 Å². The molecule has 110 valence electrons. The summed E-state index contributed by atoms with van der Waals surface area (Å²) in [5.41, 5.74) is 2.84. The van der Waals surface area contributed by atoms with Gasteiger partial charge in [-0.2, -0.15) is 0 Å². The van der Waals surface area contributed by atoms with Gasteiger partial charge in [0.25, 0.3) is 0 Å². The summed E-state index contributed by atoms with van der Waals surface area (Å²) < 4.78 is 20.5. The summed E-state index contributed by atoms with van der Waals surface area (Å²) in [6.45, 7) is 1.79. The van der Waals surface area contributed by atoms with Gasteiger partial charge in [0.05, 0.1) is 13.7 Å². The fourth-order valence-electron chi connectivity index (χ4n) is 2.02. The van der Waals surface area contributed by atoms with E-state index in [1.165, 1.54) is 13.2 Å². The second-order valence-electron chi connectivity index (χ2n) is 4.63. The fraction of sp³-hybridized carbons (Fsp3) is 0.176. The Morgan fingerprint density at radius 1 is 1.33 bits per heavy atom. The first-order valence-corrected chi connectivity index (χ1v) is 7.26. The number of rotatable bonds is 4. The lowest BCUT2D eigenvalue weighted by atomic mass is 10.0. The molecule has 0 aliphatic rings. The molecule has 0 heterocycles. The molecule has 0 bridgehead atoms. The van der Waals surface area contributed by atoms with Crippen molar-refractivity contribution >= 4 is 27.8 Å². The first-order chi connectivity index (χ1) is 10.1. The molecule has 0 fully saturated rings. The topological polar surface area (TPSA) is 29.5 Å². The van der Waals surface area contributed by atoms with Crippen LogP contribution >= 0.6 is 15.9 Å². The maximum Gasteiger partial charge on any atom is 0.131 e. The fourth-order valence-corrected chi connectivity index (χ4v) is 2.41. The van der Waals surface area contributed by atoms with Gasteiger partial charge in [0, 0.05) is 15.6 Å². The van der Waals surface area contributed by atoms with Crippen molar-refractivity contribution in [1.82, 2.24) is 0 Å². The highest BCUT2D eigenvalue weighted by molar-refractivity contribution is 9.10. The predicted molar refractivity (Wildman–Crippen MR) is 86.8 cm³/mol. The molecule has 0 saturated carbocycles. The van der Waals surface area contributed by atoms with E-state index in [1.807, 2.05) is 25.1 Å². The molecule has 0 aliphatic carbocycles. The van der Waals surface area contributed by atoms with Gasteiger partial charge in [-0.15, -0.1) is 0 Å². The highest BCUT2D eigenvalue weighted by atomic mass is 79.9. The molecule has 0 saturated heterocycles. The molecule has 21 heavy (non-hydrogen) atoms. The molecule has 2 aromatic carbocycles. The van der Waals surface area contributed by atoms with Crippen molar-refractivity contribution < 1.29 is 14.2 Å². The van der Waals surface area contributed by atoms with Gasteiger partial charge in [-0.25, -0.2) is 4.39 Å². The third-order valence-electron chi connectivity index (χ3n) is 3.33. The summed E-state index contributed by atoms with van der Waals surface area (Å²) >= 11 is 3.43. The van der Waals surface area contributed by atoms with E-state index in [1.54, 1.807) is 18.2 Å². The maximum atomic E-state index is 14.4. The Morgan fingerprint density at radius 2 is 2.10 bits per heavy atom. The van der Waals surface area contributed by atoms with Crippen LogP contribution in [-0.2, 0) is 6.61 Å². The van der Waals surface area contributed by atoms with Gasteiger partial charge >= 0.3 is 0 Å². The average Bonchev–Trinajstić information content (AvgIpc) is 2.51. The monoisotopic (exact) mass is 350 g/mol. The van der Waals surface area contributed by atoms with Crippen LogP contribution in [0.3, 0.4) is 0 Å². The standard InChI is InChI=1S/C17H16BrFO2/c1-11-12(4-3-5-15(11)18)8-16(19)13-6-7-14(10-20)17(9-13)21-2/h3-9,20H,10H2,1-2H3/b16-8-. The molecule has 4 heteroatoms. The molecule has 0 unspecified atom stereocenters. The van der Waals surface area contributed by atoms with E-state index in [-0.39, 0.29) is 12.4 Å². The van der Waals surface area contributed by atoms with Crippen LogP contribution in [0.4, 0.5) is 4.39 Å². The van der Waals surface area contributed by atoms with Crippen LogP contribution in [0.5, 0.6) is 5.75 Å². The zero-order valence-electron chi connectivity index (χ0n) is 11.9. The average molecular weight is 351 g/mol. The molecule has 0 aliphatic heterocycles. The molecular weight excluding hydrogens is 335 g/mol. The molecular formula is C17H16BrFO2. The van der Waals surface area contributed by atoms with Crippen LogP contribution in [0.15, 0.2) is 40.9 Å². The number of ether oxygens (including phenoxy) is 1. The number of halogens is 2. The van der Waals surface area contributed by atoms with Crippen LogP contribution in [0.25, 0.3) is 11.9 Å². The first kappa shape index (κ1) is 15.7. The lowest BCUT2D eigenvalue weighted by Crippen LogP contribution is -1.93. The van der Waals surface area contributed by atoms with E-state index in [9.17, 15) is 9.50 Å². The van der Waals surface area contributed by atoms with Gasteiger partial charge in [0.2, 0.25) is 0 Å². The van der Waals surface area contributed by atoms with Crippen LogP contribution in [-0.4, -0.2) is 12.2 Å². The first-order valence-electron chi connectivity index (χ1n) is 6.47. The van der Waals surface area contributed by atoms with Crippen molar-refractivity contribution in [2.45, 2.75) is 13.5 Å². The molecule has 2 aromatic rings. The SMILES string of the molecule is COc1cc(/C(F)=C/c2cccc(Br)c2C)ccc1CO. The Kier molecular flexibility index (Phi) is 5.15. The highest BCUT2D eigenvalue weighted by Gasteiger charge is 2.08. The quantitative estimate of drug-likeness (QED) is 0.808. The Balaban J connectivity index is 2.41. The summed E-state index contributed by atoms with van der Waals surface area (Å²) in [6, 6.07) is 10.5. The minimum atomic E-state index is -0.348. The number of hydrogen-bond donors (Lipinski definition) is 1. The molecule has 0 spiro atoms. The van der Waals surface area contributed by atoms with Gasteiger partial charge in [0.1, 0.15) is 11.6 Å². The van der Waals surface area contributed by atoms with E-state index in [2.05, 4.69) is 15.9 Å². The summed E-state index contributed by atoms with van der Waals surface area (Å²) in [5, 5.41) is 9.19. The van der Waals surface area contributed by atoms with Crippen LogP contribution < -0.4 is 4.74 Å². The largest absolute Gasteiger partial charge is 0.496 e. The Bertz CT molecular complexity index is 680. The number of aliphatic hydroxyl groups excluding tert-OH is 1. The van der Waals surface area contributed by atoms with E-state index in [0.29, 0.717) is 16.9 Å². The second-order valence-corrected chi connectivity index (χ2v) is 5.49. The smallest absolute Gasteiger partial charge is 0.131 e. The highest BCUT2D eigenvalue weighted by Crippen LogP contribution is 2.28. The Morgan fingerprint density at radius 3 is 2.76 bits per heavy atom. The van der Waals surface area contributed by atoms with Crippen LogP contribution in [0.1, 0.15) is 22.3 Å². The van der Waals surface area contributed by atoms with Crippen LogP contribution in [0, 0.1) is 6.92 Å². The summed E-state index contributed by atoms with van der Waals surface area (Å²) in [6.07, 6.45) is 1.49. The number of methoxy groups -OCH3 is 1. The molecule has 0 amide bonds. The normalized spacial score (nSPS) is 11.6. The van der Waals surface area contributed by atoms with Gasteiger partial charge in [-0.05, 0) is 36.3 Å². The maximum absolute atomic E-state index is 14.4. The zero-order valence-corrected chi connectivity index (χ0v) is 13.4. The molecule has 0 radical (unpaired) electrons. The summed E-state index contributed by atoms with van der Waals surface area (Å²) in [5.74, 6) is 0.128. The molecule has 0 aromatic heterocycles. The number of aliphatic hydroxyl groups is 1. The van der Waals surface area contributed by atoms with E-state index >= 15 is 0 Å². The Hall–Kier alpha value is -1.65. The van der Waals surface area contributed by atoms with E-state index in [0.717, 1.165) is 15.6 Å². The molecule has 0 atom stereocenters. The summed E-state index contributed by atoms with van der Waals surface area (Å²) in [7, 11) is 1.50. The van der Waals surface area contributed by atoms with Crippen molar-refractivity contribution in [1.29, 1.82) is 0 Å². The lowest BCUT2D eigenvalue weighted by molar-refractivity contribution is 0.274. The van der Waals surface area contributed by atoms with Crippen molar-refractivity contribution in [3.63, 3.8) is 0 Å². The molecule has 2 nitrogen and oxygen atoms in total. The second kappa shape index (κ2) is 6.87. The number of hydrogen-bond acceptors (Lipinski definition) is 2. The minimum Gasteiger partial charge on any atom is -0.496 e. The van der Waals surface area contributed by atoms with Crippen LogP contribution in [0.2, 0.25) is 0 Å². The lowest BCUT2D eigenvalue weighted by Gasteiger charge is -2.08. The van der Waals surface area contributed by atoms with E-state index in [4.69, 9.17) is 4.74 Å². The van der Waals surface area contributed by atoms with Gasteiger partial charge in [-0.1, -0.05) is 40.2 Å². The molecule has 2 rings (SSSR count).